The van der Waals surface area contributed by atoms with Crippen molar-refractivity contribution in [1.29, 1.82) is 5.26 Å². The SMILES string of the molecule is C[C@H]1CCCC[C@@H]1Oc1ccc(C#N)c(C(F)(F)F)c1. The summed E-state index contributed by atoms with van der Waals surface area (Å²) in [6, 6.07) is 5.11. The molecule has 1 aliphatic carbocycles. The van der Waals surface area contributed by atoms with Crippen LogP contribution in [-0.2, 0) is 6.18 Å². The molecule has 1 aliphatic rings. The predicted octanol–water partition coefficient (Wildman–Crippen LogP) is 4.53. The number of nitrogens with zero attached hydrogens (tertiary/aromatic N) is 1. The highest BCUT2D eigenvalue weighted by Gasteiger charge is 2.34. The molecule has 2 atom stereocenters. The summed E-state index contributed by atoms with van der Waals surface area (Å²) in [6.45, 7) is 2.05. The Kier molecular flexibility index (Phi) is 4.22. The van der Waals surface area contributed by atoms with Crippen LogP contribution in [0, 0.1) is 17.2 Å². The fourth-order valence-corrected chi connectivity index (χ4v) is 2.56. The molecule has 2 rings (SSSR count). The van der Waals surface area contributed by atoms with Crippen LogP contribution in [0.25, 0.3) is 0 Å². The van der Waals surface area contributed by atoms with E-state index in [2.05, 4.69) is 6.92 Å². The highest BCUT2D eigenvalue weighted by atomic mass is 19.4. The van der Waals surface area contributed by atoms with Gasteiger partial charge >= 0.3 is 6.18 Å². The van der Waals surface area contributed by atoms with Gasteiger partial charge in [0.25, 0.3) is 0 Å². The zero-order valence-corrected chi connectivity index (χ0v) is 11.2. The highest BCUT2D eigenvalue weighted by Crippen LogP contribution is 2.35. The molecule has 20 heavy (non-hydrogen) atoms. The maximum atomic E-state index is 12.9. The molecule has 0 N–H and O–H groups in total. The van der Waals surface area contributed by atoms with Crippen molar-refractivity contribution in [3.8, 4) is 11.8 Å². The molecule has 0 aliphatic heterocycles. The van der Waals surface area contributed by atoms with Gasteiger partial charge in [-0.3, -0.25) is 0 Å². The van der Waals surface area contributed by atoms with Gasteiger partial charge in [0, 0.05) is 0 Å². The molecule has 0 spiro atoms. The van der Waals surface area contributed by atoms with Gasteiger partial charge in [-0.1, -0.05) is 13.3 Å². The van der Waals surface area contributed by atoms with Crippen molar-refractivity contribution in [3.05, 3.63) is 29.3 Å². The monoisotopic (exact) mass is 283 g/mol. The average molecular weight is 283 g/mol. The van der Waals surface area contributed by atoms with Crippen LogP contribution in [0.3, 0.4) is 0 Å². The molecule has 0 saturated heterocycles. The summed E-state index contributed by atoms with van der Waals surface area (Å²) in [5.41, 5.74) is -1.30. The van der Waals surface area contributed by atoms with Gasteiger partial charge < -0.3 is 4.74 Å². The van der Waals surface area contributed by atoms with Crippen molar-refractivity contribution in [3.63, 3.8) is 0 Å². The average Bonchev–Trinajstić information content (AvgIpc) is 2.40. The van der Waals surface area contributed by atoms with E-state index in [-0.39, 0.29) is 17.4 Å². The molecule has 5 heteroatoms. The van der Waals surface area contributed by atoms with Gasteiger partial charge in [0.1, 0.15) is 11.9 Å². The molecule has 0 radical (unpaired) electrons. The highest BCUT2D eigenvalue weighted by molar-refractivity contribution is 5.44. The Morgan fingerprint density at radius 1 is 1.25 bits per heavy atom. The largest absolute Gasteiger partial charge is 0.490 e. The number of benzene rings is 1. The van der Waals surface area contributed by atoms with Gasteiger partial charge in [0.05, 0.1) is 17.2 Å². The van der Waals surface area contributed by atoms with Gasteiger partial charge in [-0.05, 0) is 43.4 Å². The third kappa shape index (κ3) is 3.24. The summed E-state index contributed by atoms with van der Waals surface area (Å²) in [7, 11) is 0. The molecule has 0 bridgehead atoms. The topological polar surface area (TPSA) is 33.0 Å². The summed E-state index contributed by atoms with van der Waals surface area (Å²) < 4.78 is 44.3. The van der Waals surface area contributed by atoms with Crippen LogP contribution >= 0.6 is 0 Å². The smallest absolute Gasteiger partial charge is 0.417 e. The Bertz CT molecular complexity index is 519. The molecule has 108 valence electrons. The van der Waals surface area contributed by atoms with Crippen LogP contribution in [0.4, 0.5) is 13.2 Å². The molecule has 0 amide bonds. The minimum atomic E-state index is -4.54. The van der Waals surface area contributed by atoms with E-state index in [0.29, 0.717) is 5.92 Å². The lowest BCUT2D eigenvalue weighted by molar-refractivity contribution is -0.137. The Morgan fingerprint density at radius 3 is 2.55 bits per heavy atom. The Hall–Kier alpha value is -1.70. The van der Waals surface area contributed by atoms with Gasteiger partial charge in [-0.2, -0.15) is 18.4 Å². The molecule has 1 aromatic rings. The summed E-state index contributed by atoms with van der Waals surface area (Å²) in [6.07, 6.45) is -0.504. The van der Waals surface area contributed by atoms with Crippen molar-refractivity contribution in [2.24, 2.45) is 5.92 Å². The van der Waals surface area contributed by atoms with Crippen molar-refractivity contribution in [2.45, 2.75) is 44.9 Å². The minimum Gasteiger partial charge on any atom is -0.490 e. The van der Waals surface area contributed by atoms with E-state index in [1.54, 1.807) is 6.07 Å². The summed E-state index contributed by atoms with van der Waals surface area (Å²) in [5, 5.41) is 8.75. The second kappa shape index (κ2) is 5.74. The summed E-state index contributed by atoms with van der Waals surface area (Å²) in [4.78, 5) is 0. The number of nitriles is 1. The zero-order chi connectivity index (χ0) is 14.8. The number of hydrogen-bond donors (Lipinski definition) is 0. The first-order chi connectivity index (χ1) is 9.41. The fourth-order valence-electron chi connectivity index (χ4n) is 2.56. The second-order valence-electron chi connectivity index (χ2n) is 5.23. The first kappa shape index (κ1) is 14.7. The Balaban J connectivity index is 2.23. The van der Waals surface area contributed by atoms with Crippen LogP contribution in [0.2, 0.25) is 0 Å². The first-order valence-electron chi connectivity index (χ1n) is 6.70. The lowest BCUT2D eigenvalue weighted by Gasteiger charge is -2.29. The molecule has 0 unspecified atom stereocenters. The van der Waals surface area contributed by atoms with E-state index in [4.69, 9.17) is 10.00 Å². The van der Waals surface area contributed by atoms with Crippen molar-refractivity contribution in [2.75, 3.05) is 0 Å². The van der Waals surface area contributed by atoms with Crippen molar-refractivity contribution < 1.29 is 17.9 Å². The second-order valence-corrected chi connectivity index (χ2v) is 5.23. The number of ether oxygens (including phenoxy) is 1. The zero-order valence-electron chi connectivity index (χ0n) is 11.2. The van der Waals surface area contributed by atoms with E-state index in [1.165, 1.54) is 12.1 Å². The van der Waals surface area contributed by atoms with Crippen LogP contribution in [0.1, 0.15) is 43.7 Å². The van der Waals surface area contributed by atoms with E-state index >= 15 is 0 Å². The molecule has 0 aromatic heterocycles. The van der Waals surface area contributed by atoms with Crippen molar-refractivity contribution in [1.82, 2.24) is 0 Å². The lowest BCUT2D eigenvalue weighted by Crippen LogP contribution is -2.28. The van der Waals surface area contributed by atoms with Crippen LogP contribution in [-0.4, -0.2) is 6.10 Å². The van der Waals surface area contributed by atoms with Crippen LogP contribution in [0.5, 0.6) is 5.75 Å². The maximum Gasteiger partial charge on any atom is 0.417 e. The van der Waals surface area contributed by atoms with Crippen molar-refractivity contribution >= 4 is 0 Å². The van der Waals surface area contributed by atoms with Gasteiger partial charge in [-0.25, -0.2) is 0 Å². The molecule has 1 fully saturated rings. The third-order valence-corrected chi connectivity index (χ3v) is 3.74. The van der Waals surface area contributed by atoms with E-state index in [1.807, 2.05) is 0 Å². The molecular weight excluding hydrogens is 267 g/mol. The number of halogens is 3. The lowest BCUT2D eigenvalue weighted by atomic mass is 9.88. The Morgan fingerprint density at radius 2 is 1.95 bits per heavy atom. The van der Waals surface area contributed by atoms with Gasteiger partial charge in [0.2, 0.25) is 0 Å². The molecular formula is C15H16F3NO. The summed E-state index contributed by atoms with van der Waals surface area (Å²) in [5.74, 6) is 0.531. The minimum absolute atomic E-state index is 0.0437. The molecule has 1 saturated carbocycles. The third-order valence-electron chi connectivity index (χ3n) is 3.74. The molecule has 2 nitrogen and oxygen atoms in total. The van der Waals surface area contributed by atoms with Gasteiger partial charge in [0.15, 0.2) is 0 Å². The van der Waals surface area contributed by atoms with Gasteiger partial charge in [-0.15, -0.1) is 0 Å². The number of alkyl halides is 3. The van der Waals surface area contributed by atoms with E-state index in [9.17, 15) is 13.2 Å². The quantitative estimate of drug-likeness (QED) is 0.798. The fraction of sp³-hybridized carbons (Fsp3) is 0.533. The summed E-state index contributed by atoms with van der Waals surface area (Å²) >= 11 is 0. The normalized spacial score (nSPS) is 23.1. The number of hydrogen-bond acceptors (Lipinski definition) is 2. The molecule has 0 heterocycles. The van der Waals surface area contributed by atoms with E-state index in [0.717, 1.165) is 31.7 Å². The predicted molar refractivity (Wildman–Crippen MR) is 68.2 cm³/mol. The maximum absolute atomic E-state index is 12.9. The first-order valence-corrected chi connectivity index (χ1v) is 6.70. The van der Waals surface area contributed by atoms with Crippen LogP contribution < -0.4 is 4.74 Å². The Labute approximate surface area is 116 Å². The van der Waals surface area contributed by atoms with E-state index < -0.39 is 11.7 Å². The number of rotatable bonds is 2. The standard InChI is InChI=1S/C15H16F3NO/c1-10-4-2-3-5-14(10)20-12-7-6-11(9-19)13(8-12)15(16,17)18/h6-8,10,14H,2-5H2,1H3/t10-,14-/m0/s1. The van der Waals surface area contributed by atoms with Crippen LogP contribution in [0.15, 0.2) is 18.2 Å². The molecule has 1 aromatic carbocycles.